The first-order valence-electron chi connectivity index (χ1n) is 4.21. The summed E-state index contributed by atoms with van der Waals surface area (Å²) in [6, 6.07) is 8.02. The van der Waals surface area contributed by atoms with Gasteiger partial charge in [0.25, 0.3) is 0 Å². The predicted octanol–water partition coefficient (Wildman–Crippen LogP) is 1.81. The second kappa shape index (κ2) is 2.97. The molecule has 1 amide bonds. The van der Waals surface area contributed by atoms with Crippen LogP contribution in [0.2, 0.25) is 0 Å². The summed E-state index contributed by atoms with van der Waals surface area (Å²) in [5.74, 6) is -0.186. The van der Waals surface area contributed by atoms with E-state index in [1.165, 1.54) is 3.57 Å². The monoisotopic (exact) mass is 287 g/mol. The minimum absolute atomic E-state index is 0.186. The van der Waals surface area contributed by atoms with E-state index in [4.69, 9.17) is 5.73 Å². The lowest BCUT2D eigenvalue weighted by molar-refractivity contribution is -0.120. The van der Waals surface area contributed by atoms with Crippen molar-refractivity contribution in [1.82, 2.24) is 0 Å². The van der Waals surface area contributed by atoms with E-state index in [1.54, 1.807) is 0 Å². The maximum absolute atomic E-state index is 11.2. The van der Waals surface area contributed by atoms with Gasteiger partial charge in [-0.15, -0.1) is 0 Å². The molecule has 0 spiro atoms. The fourth-order valence-corrected chi connectivity index (χ4v) is 1.93. The Balaban J connectivity index is 2.36. The summed E-state index contributed by atoms with van der Waals surface area (Å²) in [5.41, 5.74) is 6.10. The van der Waals surface area contributed by atoms with Gasteiger partial charge in [0, 0.05) is 3.57 Å². The van der Waals surface area contributed by atoms with Crippen LogP contribution in [0.1, 0.15) is 18.4 Å². The number of amides is 1. The number of halogens is 1. The van der Waals surface area contributed by atoms with Gasteiger partial charge in [0.15, 0.2) is 0 Å². The molecule has 1 fully saturated rings. The number of carbonyl (C=O) groups is 1. The first-order valence-corrected chi connectivity index (χ1v) is 5.29. The van der Waals surface area contributed by atoms with E-state index in [-0.39, 0.29) is 11.3 Å². The van der Waals surface area contributed by atoms with Crippen molar-refractivity contribution in [3.05, 3.63) is 33.4 Å². The molecule has 0 bridgehead atoms. The molecular formula is C10H10INO. The van der Waals surface area contributed by atoms with E-state index < -0.39 is 0 Å². The van der Waals surface area contributed by atoms with Gasteiger partial charge in [0.1, 0.15) is 0 Å². The molecule has 0 saturated heterocycles. The predicted molar refractivity (Wildman–Crippen MR) is 59.3 cm³/mol. The van der Waals surface area contributed by atoms with Crippen LogP contribution in [0.15, 0.2) is 24.3 Å². The lowest BCUT2D eigenvalue weighted by Crippen LogP contribution is -2.28. The van der Waals surface area contributed by atoms with Gasteiger partial charge in [0.2, 0.25) is 5.91 Å². The molecule has 0 radical (unpaired) electrons. The molecule has 68 valence electrons. The zero-order valence-electron chi connectivity index (χ0n) is 7.09. The third-order valence-electron chi connectivity index (χ3n) is 2.62. The Morgan fingerprint density at radius 1 is 1.31 bits per heavy atom. The number of primary amides is 1. The largest absolute Gasteiger partial charge is 0.369 e. The van der Waals surface area contributed by atoms with Crippen LogP contribution in [0.5, 0.6) is 0 Å². The molecule has 0 aliphatic heterocycles. The number of rotatable bonds is 2. The van der Waals surface area contributed by atoms with Crippen LogP contribution in [-0.4, -0.2) is 5.91 Å². The number of hydrogen-bond acceptors (Lipinski definition) is 1. The van der Waals surface area contributed by atoms with Gasteiger partial charge in [-0.25, -0.2) is 0 Å². The molecular weight excluding hydrogens is 277 g/mol. The third kappa shape index (κ3) is 1.45. The Bertz CT molecular complexity index is 340. The van der Waals surface area contributed by atoms with E-state index >= 15 is 0 Å². The van der Waals surface area contributed by atoms with Crippen molar-refractivity contribution in [2.24, 2.45) is 5.73 Å². The van der Waals surface area contributed by atoms with Crippen LogP contribution in [0.3, 0.4) is 0 Å². The summed E-state index contributed by atoms with van der Waals surface area (Å²) in [5, 5.41) is 0. The van der Waals surface area contributed by atoms with E-state index in [2.05, 4.69) is 22.6 Å². The molecule has 3 heteroatoms. The van der Waals surface area contributed by atoms with Gasteiger partial charge in [-0.1, -0.05) is 12.1 Å². The Hall–Kier alpha value is -0.580. The van der Waals surface area contributed by atoms with Gasteiger partial charge in [-0.3, -0.25) is 4.79 Å². The normalized spacial score (nSPS) is 18.2. The van der Waals surface area contributed by atoms with Crippen LogP contribution < -0.4 is 5.73 Å². The Labute approximate surface area is 90.6 Å². The van der Waals surface area contributed by atoms with Crippen molar-refractivity contribution < 1.29 is 4.79 Å². The summed E-state index contributed by atoms with van der Waals surface area (Å²) in [6.07, 6.45) is 1.81. The minimum atomic E-state index is -0.329. The summed E-state index contributed by atoms with van der Waals surface area (Å²) in [4.78, 5) is 11.2. The standard InChI is InChI=1S/C10H10INO/c11-8-3-1-7(2-4-8)10(5-6-10)9(12)13/h1-4H,5-6H2,(H2,12,13). The molecule has 1 aromatic rings. The Morgan fingerprint density at radius 2 is 1.85 bits per heavy atom. The Morgan fingerprint density at radius 3 is 2.23 bits per heavy atom. The van der Waals surface area contributed by atoms with Crippen LogP contribution >= 0.6 is 22.6 Å². The van der Waals surface area contributed by atoms with Crippen LogP contribution in [-0.2, 0) is 10.2 Å². The number of carbonyl (C=O) groups excluding carboxylic acids is 1. The molecule has 13 heavy (non-hydrogen) atoms. The molecule has 1 aliphatic rings. The summed E-state index contributed by atoms with van der Waals surface area (Å²) in [6.45, 7) is 0. The van der Waals surface area contributed by atoms with Gasteiger partial charge < -0.3 is 5.73 Å². The SMILES string of the molecule is NC(=O)C1(c2ccc(I)cc2)CC1. The fourth-order valence-electron chi connectivity index (χ4n) is 1.57. The first kappa shape index (κ1) is 8.99. The Kier molecular flexibility index (Phi) is 2.06. The first-order chi connectivity index (χ1) is 6.15. The van der Waals surface area contributed by atoms with Crippen LogP contribution in [0.25, 0.3) is 0 Å². The second-order valence-electron chi connectivity index (χ2n) is 3.45. The van der Waals surface area contributed by atoms with Crippen molar-refractivity contribution in [3.8, 4) is 0 Å². The average molecular weight is 287 g/mol. The highest BCUT2D eigenvalue weighted by Crippen LogP contribution is 2.47. The van der Waals surface area contributed by atoms with Crippen LogP contribution in [0.4, 0.5) is 0 Å². The van der Waals surface area contributed by atoms with Crippen molar-refractivity contribution in [3.63, 3.8) is 0 Å². The maximum atomic E-state index is 11.2. The number of hydrogen-bond donors (Lipinski definition) is 1. The summed E-state index contributed by atoms with van der Waals surface area (Å²) in [7, 11) is 0. The topological polar surface area (TPSA) is 43.1 Å². The van der Waals surface area contributed by atoms with Crippen LogP contribution in [0, 0.1) is 3.57 Å². The zero-order chi connectivity index (χ0) is 9.47. The third-order valence-corrected chi connectivity index (χ3v) is 3.34. The highest BCUT2D eigenvalue weighted by molar-refractivity contribution is 14.1. The average Bonchev–Trinajstić information content (AvgIpc) is 2.86. The molecule has 2 nitrogen and oxygen atoms in total. The van der Waals surface area contributed by atoms with Gasteiger partial charge in [0.05, 0.1) is 5.41 Å². The molecule has 0 aromatic heterocycles. The smallest absolute Gasteiger partial charge is 0.228 e. The minimum Gasteiger partial charge on any atom is -0.369 e. The molecule has 0 heterocycles. The molecule has 2 N–H and O–H groups in total. The fraction of sp³-hybridized carbons (Fsp3) is 0.300. The van der Waals surface area contributed by atoms with E-state index in [0.29, 0.717) is 0 Å². The lowest BCUT2D eigenvalue weighted by atomic mass is 9.96. The van der Waals surface area contributed by atoms with Gasteiger partial charge in [-0.05, 0) is 53.1 Å². The molecule has 0 atom stereocenters. The van der Waals surface area contributed by atoms with E-state index in [9.17, 15) is 4.79 Å². The molecule has 2 rings (SSSR count). The van der Waals surface area contributed by atoms with E-state index in [0.717, 1.165) is 18.4 Å². The second-order valence-corrected chi connectivity index (χ2v) is 4.70. The zero-order valence-corrected chi connectivity index (χ0v) is 9.24. The lowest BCUT2D eigenvalue weighted by Gasteiger charge is -2.10. The van der Waals surface area contributed by atoms with E-state index in [1.807, 2.05) is 24.3 Å². The molecule has 1 aromatic carbocycles. The quantitative estimate of drug-likeness (QED) is 0.828. The number of benzene rings is 1. The van der Waals surface area contributed by atoms with Crippen molar-refractivity contribution in [2.45, 2.75) is 18.3 Å². The van der Waals surface area contributed by atoms with Crippen molar-refractivity contribution in [2.75, 3.05) is 0 Å². The van der Waals surface area contributed by atoms with Gasteiger partial charge in [-0.2, -0.15) is 0 Å². The molecule has 0 unspecified atom stereocenters. The highest BCUT2D eigenvalue weighted by Gasteiger charge is 2.49. The van der Waals surface area contributed by atoms with Crippen molar-refractivity contribution >= 4 is 28.5 Å². The molecule has 1 saturated carbocycles. The maximum Gasteiger partial charge on any atom is 0.228 e. The highest BCUT2D eigenvalue weighted by atomic mass is 127. The van der Waals surface area contributed by atoms with Crippen molar-refractivity contribution in [1.29, 1.82) is 0 Å². The summed E-state index contributed by atoms with van der Waals surface area (Å²) >= 11 is 2.25. The molecule has 1 aliphatic carbocycles. The van der Waals surface area contributed by atoms with Gasteiger partial charge >= 0.3 is 0 Å². The number of nitrogens with two attached hydrogens (primary N) is 1. The summed E-state index contributed by atoms with van der Waals surface area (Å²) < 4.78 is 1.18.